The molecule has 1 heterocycles. The molecule has 0 saturated carbocycles. The van der Waals surface area contributed by atoms with Gasteiger partial charge in [0.1, 0.15) is 5.75 Å². The number of aliphatic hydroxyl groups is 1. The lowest BCUT2D eigenvalue weighted by Gasteiger charge is -2.09. The summed E-state index contributed by atoms with van der Waals surface area (Å²) in [6.45, 7) is 0.470. The summed E-state index contributed by atoms with van der Waals surface area (Å²) in [5, 5.41) is 19.0. The van der Waals surface area contributed by atoms with Gasteiger partial charge in [-0.15, -0.1) is 0 Å². The SMILES string of the molecule is Nc1ccc(O)c2ccn(NCCO)c12. The Morgan fingerprint density at radius 2 is 2.13 bits per heavy atom. The van der Waals surface area contributed by atoms with Gasteiger partial charge in [0.2, 0.25) is 0 Å². The van der Waals surface area contributed by atoms with Crippen LogP contribution in [-0.4, -0.2) is 28.0 Å². The number of aromatic hydroxyl groups is 1. The maximum Gasteiger partial charge on any atom is 0.125 e. The van der Waals surface area contributed by atoms with E-state index in [1.807, 2.05) is 0 Å². The highest BCUT2D eigenvalue weighted by atomic mass is 16.3. The van der Waals surface area contributed by atoms with Crippen molar-refractivity contribution in [2.24, 2.45) is 0 Å². The van der Waals surface area contributed by atoms with Crippen molar-refractivity contribution in [2.75, 3.05) is 24.3 Å². The summed E-state index contributed by atoms with van der Waals surface area (Å²) in [5.74, 6) is 0.198. The average Bonchev–Trinajstić information content (AvgIpc) is 2.65. The Kier molecular flexibility index (Phi) is 2.39. The number of anilines is 1. The number of fused-ring (bicyclic) bond motifs is 1. The van der Waals surface area contributed by atoms with Gasteiger partial charge >= 0.3 is 0 Å². The first-order valence-corrected chi connectivity index (χ1v) is 4.67. The molecule has 2 aromatic rings. The normalized spacial score (nSPS) is 10.7. The number of phenolic OH excluding ortho intramolecular Hbond substituents is 1. The number of phenols is 1. The monoisotopic (exact) mass is 207 g/mol. The fourth-order valence-corrected chi connectivity index (χ4v) is 1.57. The van der Waals surface area contributed by atoms with Gasteiger partial charge in [0.05, 0.1) is 24.4 Å². The lowest BCUT2D eigenvalue weighted by atomic mass is 10.2. The van der Waals surface area contributed by atoms with Gasteiger partial charge in [-0.2, -0.15) is 0 Å². The Hall–Kier alpha value is -1.88. The first-order valence-electron chi connectivity index (χ1n) is 4.67. The summed E-state index contributed by atoms with van der Waals surface area (Å²) in [6, 6.07) is 4.98. The van der Waals surface area contributed by atoms with Crippen LogP contribution in [0.15, 0.2) is 24.4 Å². The molecule has 0 aliphatic carbocycles. The molecule has 0 amide bonds. The van der Waals surface area contributed by atoms with Gasteiger partial charge in [-0.3, -0.25) is 4.68 Å². The molecule has 80 valence electrons. The molecule has 0 radical (unpaired) electrons. The zero-order valence-corrected chi connectivity index (χ0v) is 8.14. The minimum Gasteiger partial charge on any atom is -0.507 e. The third-order valence-electron chi connectivity index (χ3n) is 2.25. The third-order valence-corrected chi connectivity index (χ3v) is 2.25. The van der Waals surface area contributed by atoms with E-state index in [1.54, 1.807) is 29.1 Å². The van der Waals surface area contributed by atoms with Gasteiger partial charge < -0.3 is 21.4 Å². The number of rotatable bonds is 3. The second kappa shape index (κ2) is 3.70. The maximum atomic E-state index is 9.59. The first kappa shape index (κ1) is 9.67. The lowest BCUT2D eigenvalue weighted by molar-refractivity contribution is 0.307. The second-order valence-electron chi connectivity index (χ2n) is 3.25. The van der Waals surface area contributed by atoms with E-state index in [9.17, 15) is 5.11 Å². The van der Waals surface area contributed by atoms with Crippen molar-refractivity contribution < 1.29 is 10.2 Å². The van der Waals surface area contributed by atoms with E-state index < -0.39 is 0 Å². The number of aliphatic hydroxyl groups excluding tert-OH is 1. The zero-order chi connectivity index (χ0) is 10.8. The first-order chi connectivity index (χ1) is 7.24. The molecule has 0 spiro atoms. The van der Waals surface area contributed by atoms with Crippen LogP contribution in [0.25, 0.3) is 10.9 Å². The summed E-state index contributed by atoms with van der Waals surface area (Å²) in [6.07, 6.45) is 1.76. The van der Waals surface area contributed by atoms with Crippen molar-refractivity contribution >= 4 is 16.6 Å². The van der Waals surface area contributed by atoms with E-state index in [2.05, 4.69) is 5.43 Å². The van der Waals surface area contributed by atoms with E-state index in [1.165, 1.54) is 0 Å². The summed E-state index contributed by atoms with van der Waals surface area (Å²) in [4.78, 5) is 0. The standard InChI is InChI=1S/C10H13N3O2/c11-8-1-2-9(15)7-3-5-13(10(7)8)12-4-6-14/h1-3,5,12,14-15H,4,6,11H2. The minimum atomic E-state index is 0.0401. The second-order valence-corrected chi connectivity index (χ2v) is 3.25. The Morgan fingerprint density at radius 3 is 2.87 bits per heavy atom. The van der Waals surface area contributed by atoms with Crippen LogP contribution >= 0.6 is 0 Å². The highest BCUT2D eigenvalue weighted by Gasteiger charge is 2.07. The molecule has 0 atom stereocenters. The van der Waals surface area contributed by atoms with Crippen molar-refractivity contribution in [2.45, 2.75) is 0 Å². The van der Waals surface area contributed by atoms with Gasteiger partial charge in [-0.25, -0.2) is 0 Å². The molecule has 1 aromatic carbocycles. The van der Waals surface area contributed by atoms with Crippen LogP contribution in [0.1, 0.15) is 0 Å². The summed E-state index contributed by atoms with van der Waals surface area (Å²) < 4.78 is 1.70. The number of nitrogens with zero attached hydrogens (tertiary/aromatic N) is 1. The molecule has 2 rings (SSSR count). The molecule has 0 aliphatic heterocycles. The largest absolute Gasteiger partial charge is 0.507 e. The van der Waals surface area contributed by atoms with Crippen molar-refractivity contribution in [3.8, 4) is 5.75 Å². The van der Waals surface area contributed by atoms with Gasteiger partial charge in [0, 0.05) is 11.6 Å². The number of nitrogen functional groups attached to an aromatic ring is 1. The predicted octanol–water partition coefficient (Wildman–Crippen LogP) is 0.465. The molecule has 1 aromatic heterocycles. The molecule has 5 heteroatoms. The summed E-state index contributed by atoms with van der Waals surface area (Å²) >= 11 is 0. The summed E-state index contributed by atoms with van der Waals surface area (Å²) in [5.41, 5.74) is 10.1. The van der Waals surface area contributed by atoms with Gasteiger partial charge in [0.25, 0.3) is 0 Å². The Labute approximate surface area is 86.7 Å². The van der Waals surface area contributed by atoms with Crippen LogP contribution < -0.4 is 11.2 Å². The van der Waals surface area contributed by atoms with E-state index in [-0.39, 0.29) is 12.4 Å². The highest BCUT2D eigenvalue weighted by molar-refractivity contribution is 5.95. The van der Waals surface area contributed by atoms with Crippen molar-refractivity contribution in [3.63, 3.8) is 0 Å². The lowest BCUT2D eigenvalue weighted by Crippen LogP contribution is -2.17. The number of hydrogen-bond acceptors (Lipinski definition) is 4. The quantitative estimate of drug-likeness (QED) is 0.435. The smallest absolute Gasteiger partial charge is 0.125 e. The van der Waals surface area contributed by atoms with Crippen LogP contribution in [0.3, 0.4) is 0 Å². The summed E-state index contributed by atoms with van der Waals surface area (Å²) in [7, 11) is 0. The molecule has 15 heavy (non-hydrogen) atoms. The number of hydrogen-bond donors (Lipinski definition) is 4. The van der Waals surface area contributed by atoms with Crippen LogP contribution in [0.5, 0.6) is 5.75 Å². The van der Waals surface area contributed by atoms with Crippen LogP contribution in [0.4, 0.5) is 5.69 Å². The van der Waals surface area contributed by atoms with Gasteiger partial charge in [-0.1, -0.05) is 0 Å². The van der Waals surface area contributed by atoms with Crippen molar-refractivity contribution in [1.29, 1.82) is 0 Å². The molecule has 0 unspecified atom stereocenters. The average molecular weight is 207 g/mol. The van der Waals surface area contributed by atoms with E-state index in [0.29, 0.717) is 17.6 Å². The molecule has 0 aliphatic rings. The number of nitrogens with two attached hydrogens (primary N) is 1. The van der Waals surface area contributed by atoms with Crippen LogP contribution in [0.2, 0.25) is 0 Å². The molecule has 5 nitrogen and oxygen atoms in total. The fourth-order valence-electron chi connectivity index (χ4n) is 1.57. The number of benzene rings is 1. The number of aromatic nitrogens is 1. The van der Waals surface area contributed by atoms with Crippen LogP contribution in [-0.2, 0) is 0 Å². The van der Waals surface area contributed by atoms with E-state index in [0.717, 1.165) is 5.52 Å². The zero-order valence-electron chi connectivity index (χ0n) is 8.14. The highest BCUT2D eigenvalue weighted by Crippen LogP contribution is 2.29. The molecule has 0 bridgehead atoms. The molecule has 0 fully saturated rings. The van der Waals surface area contributed by atoms with Crippen LogP contribution in [0, 0.1) is 0 Å². The van der Waals surface area contributed by atoms with E-state index >= 15 is 0 Å². The molecular formula is C10H13N3O2. The topological polar surface area (TPSA) is 83.4 Å². The molecule has 0 saturated heterocycles. The van der Waals surface area contributed by atoms with E-state index in [4.69, 9.17) is 10.8 Å². The van der Waals surface area contributed by atoms with Gasteiger partial charge in [-0.05, 0) is 18.2 Å². The molecular weight excluding hydrogens is 194 g/mol. The minimum absolute atomic E-state index is 0.0401. The molecule has 5 N–H and O–H groups in total. The van der Waals surface area contributed by atoms with Crippen molar-refractivity contribution in [1.82, 2.24) is 4.68 Å². The third kappa shape index (κ3) is 1.57. The maximum absolute atomic E-state index is 9.59. The Balaban J connectivity index is 2.53. The predicted molar refractivity (Wildman–Crippen MR) is 59.3 cm³/mol. The Morgan fingerprint density at radius 1 is 1.33 bits per heavy atom. The Bertz CT molecular complexity index is 479. The van der Waals surface area contributed by atoms with Gasteiger partial charge in [0.15, 0.2) is 0 Å². The fraction of sp³-hybridized carbons (Fsp3) is 0.200. The van der Waals surface area contributed by atoms with Crippen molar-refractivity contribution in [3.05, 3.63) is 24.4 Å². The number of nitrogens with one attached hydrogen (secondary N) is 1.